The molecule has 0 aromatic carbocycles. The number of aromatic nitrogens is 1. The fourth-order valence-electron chi connectivity index (χ4n) is 0.758. The molecular formula is C8H6ClF3N2O2. The van der Waals surface area contributed by atoms with Gasteiger partial charge < -0.3 is 4.74 Å². The van der Waals surface area contributed by atoms with Crippen LogP contribution in [-0.2, 0) is 4.74 Å². The molecule has 0 bridgehead atoms. The molecule has 0 radical (unpaired) electrons. The lowest BCUT2D eigenvalue weighted by Crippen LogP contribution is -2.23. The summed E-state index contributed by atoms with van der Waals surface area (Å²) in [5, 5.41) is 2.08. The number of nitrogens with one attached hydrogen (secondary N) is 1. The van der Waals surface area contributed by atoms with Crippen LogP contribution >= 0.6 is 11.6 Å². The smallest absolute Gasteiger partial charge is 0.422 e. The van der Waals surface area contributed by atoms with Crippen LogP contribution in [0.1, 0.15) is 0 Å². The van der Waals surface area contributed by atoms with E-state index in [4.69, 9.17) is 11.6 Å². The van der Waals surface area contributed by atoms with Gasteiger partial charge in [-0.25, -0.2) is 9.78 Å². The Bertz CT molecular complexity index is 384. The average molecular weight is 255 g/mol. The quantitative estimate of drug-likeness (QED) is 0.883. The SMILES string of the molecule is O=C(Nc1ncccc1Cl)OCC(F)(F)F. The molecule has 1 rings (SSSR count). The van der Waals surface area contributed by atoms with Crippen molar-refractivity contribution in [2.24, 2.45) is 0 Å². The summed E-state index contributed by atoms with van der Waals surface area (Å²) in [5.41, 5.74) is 0. The maximum absolute atomic E-state index is 11.7. The second-order valence-electron chi connectivity index (χ2n) is 2.65. The van der Waals surface area contributed by atoms with Crippen molar-refractivity contribution in [2.75, 3.05) is 11.9 Å². The van der Waals surface area contributed by atoms with E-state index in [-0.39, 0.29) is 10.8 Å². The van der Waals surface area contributed by atoms with E-state index in [0.717, 1.165) is 0 Å². The molecule has 0 spiro atoms. The van der Waals surface area contributed by atoms with Crippen LogP contribution in [0.5, 0.6) is 0 Å². The summed E-state index contributed by atoms with van der Waals surface area (Å²) in [5.74, 6) is -0.0589. The highest BCUT2D eigenvalue weighted by Crippen LogP contribution is 2.18. The number of alkyl halides is 3. The third kappa shape index (κ3) is 4.35. The second-order valence-corrected chi connectivity index (χ2v) is 3.06. The molecule has 0 aliphatic carbocycles. The topological polar surface area (TPSA) is 51.2 Å². The van der Waals surface area contributed by atoms with E-state index in [2.05, 4.69) is 9.72 Å². The molecule has 0 fully saturated rings. The molecule has 1 aromatic rings. The molecular weight excluding hydrogens is 249 g/mol. The van der Waals surface area contributed by atoms with Gasteiger partial charge in [0, 0.05) is 6.20 Å². The molecule has 0 saturated heterocycles. The van der Waals surface area contributed by atoms with Crippen LogP contribution in [0.2, 0.25) is 5.02 Å². The Labute approximate surface area is 93.4 Å². The summed E-state index contributed by atoms with van der Waals surface area (Å²) in [4.78, 5) is 14.5. The Hall–Kier alpha value is -1.50. The highest BCUT2D eigenvalue weighted by atomic mass is 35.5. The number of hydrogen-bond acceptors (Lipinski definition) is 3. The van der Waals surface area contributed by atoms with Gasteiger partial charge in [-0.2, -0.15) is 13.2 Å². The first-order valence-electron chi connectivity index (χ1n) is 3.99. The van der Waals surface area contributed by atoms with Gasteiger partial charge in [-0.05, 0) is 12.1 Å². The molecule has 0 atom stereocenters. The van der Waals surface area contributed by atoms with Gasteiger partial charge in [0.15, 0.2) is 12.4 Å². The van der Waals surface area contributed by atoms with Crippen molar-refractivity contribution in [3.05, 3.63) is 23.4 Å². The van der Waals surface area contributed by atoms with Gasteiger partial charge in [0.05, 0.1) is 5.02 Å². The molecule has 0 aliphatic heterocycles. The van der Waals surface area contributed by atoms with Gasteiger partial charge in [0.25, 0.3) is 0 Å². The minimum atomic E-state index is -4.56. The Kier molecular flexibility index (Phi) is 3.94. The molecule has 1 aromatic heterocycles. The fourth-order valence-corrected chi connectivity index (χ4v) is 0.927. The lowest BCUT2D eigenvalue weighted by Gasteiger charge is -2.09. The molecule has 0 unspecified atom stereocenters. The standard InChI is InChI=1S/C8H6ClF3N2O2/c9-5-2-1-3-13-6(5)14-7(15)16-4-8(10,11)12/h1-3H,4H2,(H,13,14,15). The molecule has 0 aliphatic rings. The third-order valence-corrected chi connectivity index (χ3v) is 1.65. The van der Waals surface area contributed by atoms with E-state index >= 15 is 0 Å². The summed E-state index contributed by atoms with van der Waals surface area (Å²) in [7, 11) is 0. The molecule has 1 amide bonds. The van der Waals surface area contributed by atoms with Crippen LogP contribution in [0.15, 0.2) is 18.3 Å². The van der Waals surface area contributed by atoms with Crippen molar-refractivity contribution >= 4 is 23.5 Å². The zero-order valence-corrected chi connectivity index (χ0v) is 8.47. The Morgan fingerprint density at radius 3 is 2.81 bits per heavy atom. The minimum Gasteiger partial charge on any atom is -0.440 e. The summed E-state index contributed by atoms with van der Waals surface area (Å²) < 4.78 is 39.0. The molecule has 4 nitrogen and oxygen atoms in total. The lowest BCUT2D eigenvalue weighted by atomic mass is 10.4. The summed E-state index contributed by atoms with van der Waals surface area (Å²) in [6, 6.07) is 2.93. The van der Waals surface area contributed by atoms with Gasteiger partial charge in [-0.3, -0.25) is 5.32 Å². The lowest BCUT2D eigenvalue weighted by molar-refractivity contribution is -0.159. The van der Waals surface area contributed by atoms with E-state index < -0.39 is 18.9 Å². The number of ether oxygens (including phenoxy) is 1. The zero-order chi connectivity index (χ0) is 12.2. The molecule has 8 heteroatoms. The van der Waals surface area contributed by atoms with Crippen LogP contribution < -0.4 is 5.32 Å². The number of carbonyl (C=O) groups is 1. The first-order valence-corrected chi connectivity index (χ1v) is 4.37. The molecule has 16 heavy (non-hydrogen) atoms. The average Bonchev–Trinajstić information content (AvgIpc) is 2.18. The van der Waals surface area contributed by atoms with E-state index in [1.807, 2.05) is 5.32 Å². The molecule has 88 valence electrons. The Morgan fingerprint density at radius 2 is 2.25 bits per heavy atom. The van der Waals surface area contributed by atoms with Crippen LogP contribution in [0.25, 0.3) is 0 Å². The normalized spacial score (nSPS) is 11.0. The first-order chi connectivity index (χ1) is 7.38. The van der Waals surface area contributed by atoms with Gasteiger partial charge in [-0.15, -0.1) is 0 Å². The number of nitrogens with zero attached hydrogens (tertiary/aromatic N) is 1. The van der Waals surface area contributed by atoms with Gasteiger partial charge >= 0.3 is 12.3 Å². The number of amides is 1. The summed E-state index contributed by atoms with van der Waals surface area (Å²) in [6.07, 6.45) is -4.51. The van der Waals surface area contributed by atoms with E-state index in [0.29, 0.717) is 0 Å². The number of halogens is 4. The van der Waals surface area contributed by atoms with Gasteiger partial charge in [0.2, 0.25) is 0 Å². The van der Waals surface area contributed by atoms with Crippen LogP contribution in [-0.4, -0.2) is 23.9 Å². The molecule has 0 saturated carbocycles. The zero-order valence-electron chi connectivity index (χ0n) is 7.71. The minimum absolute atomic E-state index is 0.0589. The van der Waals surface area contributed by atoms with Crippen molar-refractivity contribution in [1.82, 2.24) is 4.98 Å². The predicted molar refractivity (Wildman–Crippen MR) is 50.3 cm³/mol. The fraction of sp³-hybridized carbons (Fsp3) is 0.250. The van der Waals surface area contributed by atoms with Crippen LogP contribution in [0.3, 0.4) is 0 Å². The maximum Gasteiger partial charge on any atom is 0.422 e. The third-order valence-electron chi connectivity index (χ3n) is 1.35. The van der Waals surface area contributed by atoms with Crippen molar-refractivity contribution in [2.45, 2.75) is 6.18 Å². The van der Waals surface area contributed by atoms with E-state index in [9.17, 15) is 18.0 Å². The van der Waals surface area contributed by atoms with E-state index in [1.165, 1.54) is 18.3 Å². The van der Waals surface area contributed by atoms with Crippen molar-refractivity contribution in [3.63, 3.8) is 0 Å². The van der Waals surface area contributed by atoms with E-state index in [1.54, 1.807) is 0 Å². The summed E-state index contributed by atoms with van der Waals surface area (Å²) >= 11 is 5.60. The number of pyridine rings is 1. The number of hydrogen-bond donors (Lipinski definition) is 1. The van der Waals surface area contributed by atoms with Crippen LogP contribution in [0.4, 0.5) is 23.8 Å². The van der Waals surface area contributed by atoms with Gasteiger partial charge in [0.1, 0.15) is 0 Å². The number of carbonyl (C=O) groups excluding carboxylic acids is 1. The van der Waals surface area contributed by atoms with Crippen molar-refractivity contribution < 1.29 is 22.7 Å². The van der Waals surface area contributed by atoms with Crippen molar-refractivity contribution in [3.8, 4) is 0 Å². The number of anilines is 1. The Morgan fingerprint density at radius 1 is 1.56 bits per heavy atom. The monoisotopic (exact) mass is 254 g/mol. The predicted octanol–water partition coefficient (Wildman–Crippen LogP) is 2.85. The summed E-state index contributed by atoms with van der Waals surface area (Å²) in [6.45, 7) is -1.66. The second kappa shape index (κ2) is 5.02. The van der Waals surface area contributed by atoms with Gasteiger partial charge in [-0.1, -0.05) is 11.6 Å². The maximum atomic E-state index is 11.7. The van der Waals surface area contributed by atoms with Crippen LogP contribution in [0, 0.1) is 0 Å². The largest absolute Gasteiger partial charge is 0.440 e. The number of rotatable bonds is 2. The highest BCUT2D eigenvalue weighted by Gasteiger charge is 2.29. The highest BCUT2D eigenvalue weighted by molar-refractivity contribution is 6.33. The molecule has 1 N–H and O–H groups in total. The Balaban J connectivity index is 2.50. The van der Waals surface area contributed by atoms with Crippen molar-refractivity contribution in [1.29, 1.82) is 0 Å². The first kappa shape index (κ1) is 12.6. The molecule has 1 heterocycles.